The average molecular weight is 316 g/mol. The van der Waals surface area contributed by atoms with Crippen molar-refractivity contribution in [3.05, 3.63) is 41.3 Å². The summed E-state index contributed by atoms with van der Waals surface area (Å²) >= 11 is 5.76. The maximum atomic E-state index is 12.0. The van der Waals surface area contributed by atoms with Crippen molar-refractivity contribution < 1.29 is 18.3 Å². The van der Waals surface area contributed by atoms with Crippen molar-refractivity contribution in [2.24, 2.45) is 7.05 Å². The van der Waals surface area contributed by atoms with Crippen molar-refractivity contribution in [1.82, 2.24) is 9.55 Å². The summed E-state index contributed by atoms with van der Waals surface area (Å²) in [6, 6.07) is 3.71. The molecule has 0 saturated carbocycles. The second kappa shape index (κ2) is 5.14. The molecule has 2 N–H and O–H groups in total. The molecule has 0 aliphatic carbocycles. The molecule has 0 spiro atoms. The van der Waals surface area contributed by atoms with E-state index >= 15 is 0 Å². The number of sulfonamides is 1. The van der Waals surface area contributed by atoms with Crippen LogP contribution in [-0.4, -0.2) is 29.0 Å². The van der Waals surface area contributed by atoms with Crippen molar-refractivity contribution in [3.8, 4) is 0 Å². The number of hydrogen-bond acceptors (Lipinski definition) is 4. The molecule has 0 aliphatic heterocycles. The molecule has 2 rings (SSSR count). The van der Waals surface area contributed by atoms with E-state index < -0.39 is 16.0 Å². The van der Waals surface area contributed by atoms with Crippen LogP contribution in [0.4, 0.5) is 5.69 Å². The predicted octanol–water partition coefficient (Wildman–Crippen LogP) is 1.57. The lowest BCUT2D eigenvalue weighted by Gasteiger charge is -2.07. The van der Waals surface area contributed by atoms with Crippen LogP contribution in [-0.2, 0) is 17.1 Å². The molecule has 0 bridgehead atoms. The summed E-state index contributed by atoms with van der Waals surface area (Å²) < 4.78 is 27.8. The Bertz CT molecular complexity index is 770. The van der Waals surface area contributed by atoms with Crippen LogP contribution < -0.4 is 4.72 Å². The van der Waals surface area contributed by atoms with Gasteiger partial charge in [0.1, 0.15) is 0 Å². The van der Waals surface area contributed by atoms with E-state index in [4.69, 9.17) is 16.7 Å². The van der Waals surface area contributed by atoms with E-state index in [0.29, 0.717) is 0 Å². The number of anilines is 1. The first kappa shape index (κ1) is 14.4. The lowest BCUT2D eigenvalue weighted by atomic mass is 10.2. The second-order valence-electron chi connectivity index (χ2n) is 4.02. The van der Waals surface area contributed by atoms with Gasteiger partial charge in [-0.1, -0.05) is 11.6 Å². The van der Waals surface area contributed by atoms with Crippen LogP contribution in [0, 0.1) is 0 Å². The quantitative estimate of drug-likeness (QED) is 0.891. The van der Waals surface area contributed by atoms with Crippen molar-refractivity contribution in [2.75, 3.05) is 4.72 Å². The van der Waals surface area contributed by atoms with Gasteiger partial charge in [0.05, 0.1) is 17.6 Å². The molecule has 1 aromatic carbocycles. The number of carboxylic acid groups (broad SMARTS) is 1. The molecule has 0 amide bonds. The van der Waals surface area contributed by atoms with Gasteiger partial charge < -0.3 is 9.67 Å². The number of imidazole rings is 1. The fraction of sp³-hybridized carbons (Fsp3) is 0.0909. The van der Waals surface area contributed by atoms with Crippen LogP contribution in [0.25, 0.3) is 0 Å². The van der Waals surface area contributed by atoms with Gasteiger partial charge in [-0.25, -0.2) is 9.78 Å². The largest absolute Gasteiger partial charge is 0.478 e. The summed E-state index contributed by atoms with van der Waals surface area (Å²) in [6.07, 6.45) is 2.67. The number of aromatic carboxylic acids is 1. The Hall–Kier alpha value is -2.06. The van der Waals surface area contributed by atoms with E-state index in [-0.39, 0.29) is 21.3 Å². The molecule has 2 aromatic rings. The molecule has 1 aromatic heterocycles. The maximum Gasteiger partial charge on any atom is 0.335 e. The zero-order valence-electron chi connectivity index (χ0n) is 10.2. The molecule has 106 valence electrons. The molecule has 20 heavy (non-hydrogen) atoms. The number of carbonyl (C=O) groups is 1. The molecule has 0 atom stereocenters. The normalized spacial score (nSPS) is 11.3. The number of nitrogens with zero attached hydrogens (tertiary/aromatic N) is 2. The number of halogens is 1. The fourth-order valence-electron chi connectivity index (χ4n) is 1.51. The minimum absolute atomic E-state index is 0.0561. The summed E-state index contributed by atoms with van der Waals surface area (Å²) in [5, 5.41) is 8.85. The number of carboxylic acids is 1. The number of aromatic nitrogens is 2. The lowest BCUT2D eigenvalue weighted by Crippen LogP contribution is -2.14. The SMILES string of the molecule is Cn1cnc(S(=O)(=O)Nc2cc(Cl)cc(C(=O)O)c2)c1. The summed E-state index contributed by atoms with van der Waals surface area (Å²) in [5.41, 5.74) is -0.0585. The Kier molecular flexibility index (Phi) is 3.69. The number of rotatable bonds is 4. The lowest BCUT2D eigenvalue weighted by molar-refractivity contribution is 0.0697. The van der Waals surface area contributed by atoms with E-state index in [0.717, 1.165) is 0 Å². The van der Waals surface area contributed by atoms with Crippen LogP contribution in [0.15, 0.2) is 35.7 Å². The first-order valence-corrected chi connectivity index (χ1v) is 7.19. The van der Waals surface area contributed by atoms with Gasteiger partial charge in [0.15, 0.2) is 5.03 Å². The van der Waals surface area contributed by atoms with Crippen LogP contribution in [0.2, 0.25) is 5.02 Å². The van der Waals surface area contributed by atoms with Gasteiger partial charge in [-0.3, -0.25) is 4.72 Å². The van der Waals surface area contributed by atoms with E-state index in [1.807, 2.05) is 0 Å². The number of hydrogen-bond donors (Lipinski definition) is 2. The molecule has 9 heteroatoms. The Morgan fingerprint density at radius 1 is 1.40 bits per heavy atom. The molecule has 0 saturated heterocycles. The predicted molar refractivity (Wildman–Crippen MR) is 72.4 cm³/mol. The number of nitrogens with one attached hydrogen (secondary N) is 1. The highest BCUT2D eigenvalue weighted by molar-refractivity contribution is 7.92. The first-order chi connectivity index (χ1) is 9.28. The van der Waals surface area contributed by atoms with Crippen LogP contribution in [0.1, 0.15) is 10.4 Å². The molecule has 0 aliphatic rings. The molecule has 0 fully saturated rings. The smallest absolute Gasteiger partial charge is 0.335 e. The Labute approximate surface area is 119 Å². The van der Waals surface area contributed by atoms with E-state index in [2.05, 4.69) is 9.71 Å². The van der Waals surface area contributed by atoms with Crippen molar-refractivity contribution >= 4 is 33.3 Å². The van der Waals surface area contributed by atoms with Crippen molar-refractivity contribution in [3.63, 3.8) is 0 Å². The van der Waals surface area contributed by atoms with Gasteiger partial charge >= 0.3 is 5.97 Å². The highest BCUT2D eigenvalue weighted by Gasteiger charge is 2.18. The molecule has 0 unspecified atom stereocenters. The fourth-order valence-corrected chi connectivity index (χ4v) is 2.77. The average Bonchev–Trinajstić information content (AvgIpc) is 2.75. The number of aryl methyl sites for hydroxylation is 1. The van der Waals surface area contributed by atoms with Crippen LogP contribution in [0.5, 0.6) is 0 Å². The Balaban J connectivity index is 2.37. The van der Waals surface area contributed by atoms with Gasteiger partial charge in [-0.2, -0.15) is 8.42 Å². The van der Waals surface area contributed by atoms with Crippen LogP contribution >= 0.6 is 11.6 Å². The second-order valence-corrected chi connectivity index (χ2v) is 6.08. The molecular weight excluding hydrogens is 306 g/mol. The zero-order valence-corrected chi connectivity index (χ0v) is 11.8. The van der Waals surface area contributed by atoms with E-state index in [1.54, 1.807) is 7.05 Å². The number of benzene rings is 1. The molecule has 1 heterocycles. The highest BCUT2D eigenvalue weighted by Crippen LogP contribution is 2.21. The van der Waals surface area contributed by atoms with Gasteiger partial charge in [0, 0.05) is 18.3 Å². The Morgan fingerprint density at radius 2 is 2.10 bits per heavy atom. The van der Waals surface area contributed by atoms with Crippen molar-refractivity contribution in [2.45, 2.75) is 5.03 Å². The monoisotopic (exact) mass is 315 g/mol. The first-order valence-electron chi connectivity index (χ1n) is 5.32. The highest BCUT2D eigenvalue weighted by atomic mass is 35.5. The van der Waals surface area contributed by atoms with E-state index in [9.17, 15) is 13.2 Å². The Morgan fingerprint density at radius 3 is 2.65 bits per heavy atom. The van der Waals surface area contributed by atoms with Gasteiger partial charge in [-0.05, 0) is 18.2 Å². The summed E-state index contributed by atoms with van der Waals surface area (Å²) in [5.74, 6) is -1.20. The standard InChI is InChI=1S/C11H10ClN3O4S/c1-15-5-10(13-6-15)20(18,19)14-9-3-7(11(16)17)2-8(12)4-9/h2-6,14H,1H3,(H,16,17). The van der Waals surface area contributed by atoms with Crippen molar-refractivity contribution in [1.29, 1.82) is 0 Å². The summed E-state index contributed by atoms with van der Waals surface area (Å²) in [6.45, 7) is 0. The van der Waals surface area contributed by atoms with Gasteiger partial charge in [-0.15, -0.1) is 0 Å². The van der Waals surface area contributed by atoms with Gasteiger partial charge in [0.2, 0.25) is 0 Å². The molecule has 7 nitrogen and oxygen atoms in total. The third kappa shape index (κ3) is 3.09. The third-order valence-corrected chi connectivity index (χ3v) is 3.84. The third-order valence-electron chi connectivity index (χ3n) is 2.35. The summed E-state index contributed by atoms with van der Waals surface area (Å²) in [7, 11) is -2.25. The van der Waals surface area contributed by atoms with Crippen LogP contribution in [0.3, 0.4) is 0 Å². The minimum Gasteiger partial charge on any atom is -0.478 e. The zero-order chi connectivity index (χ0) is 14.9. The maximum absolute atomic E-state index is 12.0. The topological polar surface area (TPSA) is 101 Å². The van der Waals surface area contributed by atoms with E-state index in [1.165, 1.54) is 35.3 Å². The van der Waals surface area contributed by atoms with Gasteiger partial charge in [0.25, 0.3) is 10.0 Å². The molecule has 0 radical (unpaired) electrons. The minimum atomic E-state index is -3.89. The molecular formula is C11H10ClN3O4S. The summed E-state index contributed by atoms with van der Waals surface area (Å²) in [4.78, 5) is 14.6.